The number of halogens is 3. The number of anilines is 3. The minimum absolute atomic E-state index is 0.0371. The first-order valence-electron chi connectivity index (χ1n) is 42.6. The number of pyridine rings is 3. The number of rotatable bonds is 20. The van der Waals surface area contributed by atoms with Crippen LogP contribution in [0.4, 0.5) is 30.2 Å². The SMILES string of the molecule is CC(=O)N1CCN(C[C@H]2CN[C@H](C)CN2CC(=O)N2CC(C)(C)c3ncc(Cc4ccc(F)cc4)cc32)[C@H](C)C1.C[C@@H]1CN(CC(=O)N2CC(C)(C)c3ncc(Cc4ccc(F)cc4)cc32)[C@@H](CN2CCOC[C@@]2(C)CO)CN1.C[C@@H]1CN(CC(=O)N2CC(C)(C)c3ncc(Cc4ccc(F)cc4)cc32)[C@@H](CN2CCOC[C@]2(C)CO)CN1. The average molecular weight is 1630 g/mol. The lowest BCUT2D eigenvalue weighted by atomic mass is 9.91. The van der Waals surface area contributed by atoms with Gasteiger partial charge in [0.2, 0.25) is 23.6 Å². The molecule has 118 heavy (non-hydrogen) atoms. The summed E-state index contributed by atoms with van der Waals surface area (Å²) in [5.41, 5.74) is 9.95. The summed E-state index contributed by atoms with van der Waals surface area (Å²) < 4.78 is 51.5. The third-order valence-corrected chi connectivity index (χ3v) is 25.9. The van der Waals surface area contributed by atoms with Gasteiger partial charge in [0.25, 0.3) is 0 Å². The van der Waals surface area contributed by atoms with E-state index in [-0.39, 0.29) is 107 Å². The molecule has 0 bridgehead atoms. The Balaban J connectivity index is 0.000000153. The zero-order valence-corrected chi connectivity index (χ0v) is 71.7. The van der Waals surface area contributed by atoms with Crippen molar-refractivity contribution in [3.8, 4) is 0 Å². The number of hydrogen-bond acceptors (Lipinski definition) is 20. The van der Waals surface area contributed by atoms with Gasteiger partial charge >= 0.3 is 0 Å². The molecule has 4 amide bonds. The number of benzene rings is 3. The van der Waals surface area contributed by atoms with Crippen LogP contribution in [0.5, 0.6) is 0 Å². The second kappa shape index (κ2) is 37.3. The summed E-state index contributed by atoms with van der Waals surface area (Å²) in [5.74, 6) is -0.360. The number of morpholine rings is 2. The van der Waals surface area contributed by atoms with Gasteiger partial charge in [0.05, 0.1) is 104 Å². The number of aromatic nitrogens is 3. The number of hydrogen-bond donors (Lipinski definition) is 5. The Labute approximate surface area is 696 Å². The van der Waals surface area contributed by atoms with Crippen molar-refractivity contribution < 1.29 is 52.0 Å². The first-order chi connectivity index (χ1) is 56.1. The molecular formula is C91H127F3N16O8. The van der Waals surface area contributed by atoms with E-state index < -0.39 is 11.1 Å². The van der Waals surface area contributed by atoms with Crippen LogP contribution in [0.25, 0.3) is 0 Å². The highest BCUT2D eigenvalue weighted by atomic mass is 19.1. The number of nitrogens with zero attached hydrogens (tertiary/aromatic N) is 13. The van der Waals surface area contributed by atoms with E-state index in [0.29, 0.717) is 91.0 Å². The molecular weight excluding hydrogens is 1500 g/mol. The Morgan fingerprint density at radius 2 is 0.763 bits per heavy atom. The van der Waals surface area contributed by atoms with Crippen molar-refractivity contribution in [1.29, 1.82) is 0 Å². The third-order valence-electron chi connectivity index (χ3n) is 25.9. The molecule has 640 valence electrons. The standard InChI is InChI=1S/C31H43FN6O2.2C30H42FN5O3/c1-21-16-37(27(15-33-21)18-35-10-11-36(23(3)39)17-22(35)2)19-29(40)38-20-31(4,5)30-28(38)13-25(14-34-30)12-24-6-8-26(32)9-7-24;2*1-21-15-34(25(14-32-21)16-35-9-10-39-20-30(35,4)19-37)17-27(38)36-18-29(2,3)28-26(36)12-23(13-33-28)11-22-5-7-24(31)8-6-22/h6-9,13-14,21-22,27,33H,10-12,15-20H2,1-5H3;2*5-8,12-13,21,25,32,37H,9-11,14-20H2,1-4H3/t21-,22-,27-;21-,25-,30+;21-,25-,30-/m111/s1. The first kappa shape index (κ1) is 88.1. The number of ether oxygens (including phenoxy) is 2. The summed E-state index contributed by atoms with van der Waals surface area (Å²) in [6.07, 6.45) is 7.54. The molecule has 12 heterocycles. The molecule has 0 aliphatic carbocycles. The predicted molar refractivity (Wildman–Crippen MR) is 454 cm³/mol. The van der Waals surface area contributed by atoms with E-state index in [1.165, 1.54) is 36.4 Å². The highest BCUT2D eigenvalue weighted by Crippen LogP contribution is 2.43. The van der Waals surface area contributed by atoms with Crippen LogP contribution in [0.3, 0.4) is 0 Å². The van der Waals surface area contributed by atoms with Crippen LogP contribution in [0.15, 0.2) is 110 Å². The average Bonchev–Trinajstić information content (AvgIpc) is 1.61. The Morgan fingerprint density at radius 1 is 0.441 bits per heavy atom. The van der Waals surface area contributed by atoms with Crippen molar-refractivity contribution in [2.75, 3.05) is 185 Å². The van der Waals surface area contributed by atoms with Gasteiger partial charge in [0.1, 0.15) is 17.5 Å². The monoisotopic (exact) mass is 1630 g/mol. The van der Waals surface area contributed by atoms with E-state index >= 15 is 0 Å². The van der Waals surface area contributed by atoms with E-state index in [1.807, 2.05) is 52.0 Å². The van der Waals surface area contributed by atoms with Crippen LogP contribution < -0.4 is 30.7 Å². The molecule has 3 aromatic heterocycles. The van der Waals surface area contributed by atoms with Crippen molar-refractivity contribution >= 4 is 40.7 Å². The van der Waals surface area contributed by atoms with Crippen molar-refractivity contribution in [1.82, 2.24) is 65.2 Å². The number of piperazine rings is 4. The number of carbonyl (C=O) groups is 4. The normalized spacial score (nSPS) is 26.7. The van der Waals surface area contributed by atoms with Gasteiger partial charge in [-0.1, -0.05) is 77.9 Å². The minimum atomic E-state index is -0.415. The van der Waals surface area contributed by atoms with E-state index in [0.717, 1.165) is 159 Å². The molecule has 9 atom stereocenters. The van der Waals surface area contributed by atoms with Crippen molar-refractivity contribution in [3.63, 3.8) is 0 Å². The lowest BCUT2D eigenvalue weighted by molar-refractivity contribution is -0.132. The Morgan fingerprint density at radius 3 is 1.07 bits per heavy atom. The zero-order valence-electron chi connectivity index (χ0n) is 71.7. The Hall–Kier alpha value is -7.74. The van der Waals surface area contributed by atoms with Crippen LogP contribution in [0.1, 0.15) is 140 Å². The number of aliphatic hydroxyl groups excluding tert-OH is 2. The summed E-state index contributed by atoms with van der Waals surface area (Å²) in [6, 6.07) is 27.5. The minimum Gasteiger partial charge on any atom is -0.394 e. The Kier molecular flexibility index (Phi) is 27.8. The van der Waals surface area contributed by atoms with Crippen molar-refractivity contribution in [2.45, 2.75) is 179 Å². The maximum absolute atomic E-state index is 13.9. The molecule has 6 saturated heterocycles. The summed E-state index contributed by atoms with van der Waals surface area (Å²) in [6.45, 7) is 43.4. The lowest BCUT2D eigenvalue weighted by Gasteiger charge is -2.48. The second-order valence-electron chi connectivity index (χ2n) is 37.4. The molecule has 9 aliphatic rings. The molecule has 6 fully saturated rings. The molecule has 27 heteroatoms. The van der Waals surface area contributed by atoms with Gasteiger partial charge < -0.3 is 55.2 Å². The largest absolute Gasteiger partial charge is 0.394 e. The van der Waals surface area contributed by atoms with Crippen LogP contribution >= 0.6 is 0 Å². The highest BCUT2D eigenvalue weighted by molar-refractivity contribution is 5.99. The van der Waals surface area contributed by atoms with E-state index in [1.54, 1.807) is 43.3 Å². The van der Waals surface area contributed by atoms with Gasteiger partial charge in [0, 0.05) is 195 Å². The summed E-state index contributed by atoms with van der Waals surface area (Å²) >= 11 is 0. The maximum Gasteiger partial charge on any atom is 0.241 e. The number of nitrogens with one attached hydrogen (secondary N) is 3. The smallest absolute Gasteiger partial charge is 0.241 e. The Bertz CT molecular complexity index is 4290. The zero-order chi connectivity index (χ0) is 84.2. The van der Waals surface area contributed by atoms with Gasteiger partial charge in [0.15, 0.2) is 0 Å². The molecule has 0 saturated carbocycles. The summed E-state index contributed by atoms with van der Waals surface area (Å²) in [5, 5.41) is 30.9. The van der Waals surface area contributed by atoms with Gasteiger partial charge in [-0.2, -0.15) is 0 Å². The summed E-state index contributed by atoms with van der Waals surface area (Å²) in [7, 11) is 0. The quantitative estimate of drug-likeness (QED) is 0.0517. The molecule has 6 aromatic rings. The maximum atomic E-state index is 13.9. The molecule has 15 rings (SSSR count). The lowest BCUT2D eigenvalue weighted by Crippen LogP contribution is -2.65. The second-order valence-corrected chi connectivity index (χ2v) is 37.4. The van der Waals surface area contributed by atoms with Gasteiger partial charge in [-0.15, -0.1) is 0 Å². The first-order valence-corrected chi connectivity index (χ1v) is 42.6. The fourth-order valence-electron chi connectivity index (χ4n) is 18.7. The van der Waals surface area contributed by atoms with E-state index in [2.05, 4.69) is 133 Å². The molecule has 0 spiro atoms. The van der Waals surface area contributed by atoms with E-state index in [4.69, 9.17) is 24.4 Å². The van der Waals surface area contributed by atoms with Gasteiger partial charge in [-0.25, -0.2) is 13.2 Å². The summed E-state index contributed by atoms with van der Waals surface area (Å²) in [4.78, 5) is 89.8. The van der Waals surface area contributed by atoms with Crippen LogP contribution in [-0.2, 0) is 64.2 Å². The number of carbonyl (C=O) groups excluding carboxylic acids is 4. The highest BCUT2D eigenvalue weighted by Gasteiger charge is 2.47. The molecule has 0 unspecified atom stereocenters. The third kappa shape index (κ3) is 20.9. The molecule has 24 nitrogen and oxygen atoms in total. The molecule has 5 N–H and O–H groups in total. The number of amides is 4. The van der Waals surface area contributed by atoms with Crippen LogP contribution in [0.2, 0.25) is 0 Å². The molecule has 9 aliphatic heterocycles. The molecule has 0 radical (unpaired) electrons. The number of fused-ring (bicyclic) bond motifs is 3. The van der Waals surface area contributed by atoms with Crippen molar-refractivity contribution in [2.24, 2.45) is 0 Å². The van der Waals surface area contributed by atoms with Gasteiger partial charge in [-0.3, -0.25) is 63.5 Å². The van der Waals surface area contributed by atoms with Crippen LogP contribution in [0, 0.1) is 17.5 Å². The predicted octanol–water partition coefficient (Wildman–Crippen LogP) is 7.01. The van der Waals surface area contributed by atoms with Crippen molar-refractivity contribution in [3.05, 3.63) is 178 Å². The topological polar surface area (TPSA) is 234 Å². The number of aliphatic hydroxyl groups is 2. The molecule has 3 aromatic carbocycles. The fraction of sp³-hybridized carbons (Fsp3) is 0.593. The van der Waals surface area contributed by atoms with Gasteiger partial charge in [-0.05, 0) is 149 Å². The van der Waals surface area contributed by atoms with E-state index in [9.17, 15) is 42.6 Å². The van der Waals surface area contributed by atoms with Crippen LogP contribution in [-0.4, -0.2) is 307 Å². The fourth-order valence-corrected chi connectivity index (χ4v) is 18.7.